The molecule has 0 saturated carbocycles. The molecular weight excluding hydrogens is 246 g/mol. The number of benzene rings is 1. The zero-order valence-corrected chi connectivity index (χ0v) is 11.6. The molecule has 0 aromatic heterocycles. The predicted molar refractivity (Wildman–Crippen MR) is 70.6 cm³/mol. The first-order valence-corrected chi connectivity index (χ1v) is 6.14. The van der Waals surface area contributed by atoms with Crippen molar-refractivity contribution in [2.75, 3.05) is 20.8 Å². The predicted octanol–water partition coefficient (Wildman–Crippen LogP) is 2.51. The molecule has 0 aliphatic carbocycles. The molecule has 0 unspecified atom stereocenters. The second kappa shape index (κ2) is 4.99. The zero-order chi connectivity index (χ0) is 14.0. The Kier molecular flexibility index (Phi) is 3.55. The minimum absolute atomic E-state index is 0.182. The summed E-state index contributed by atoms with van der Waals surface area (Å²) in [7, 11) is 3.19. The third kappa shape index (κ3) is 2.45. The first-order chi connectivity index (χ1) is 8.99. The Morgan fingerprint density at radius 3 is 2.68 bits per heavy atom. The Bertz CT molecular complexity index is 484. The molecular formula is C14H19NO4. The molecule has 1 amide bonds. The molecule has 2 rings (SSSR count). The van der Waals surface area contributed by atoms with Gasteiger partial charge in [0.05, 0.1) is 20.3 Å². The van der Waals surface area contributed by atoms with Gasteiger partial charge in [-0.1, -0.05) is 26.0 Å². The van der Waals surface area contributed by atoms with Crippen molar-refractivity contribution in [1.82, 2.24) is 5.32 Å². The van der Waals surface area contributed by atoms with Gasteiger partial charge in [-0.05, 0) is 6.07 Å². The quantitative estimate of drug-likeness (QED) is 0.912. The van der Waals surface area contributed by atoms with Gasteiger partial charge in [-0.3, -0.25) is 0 Å². The summed E-state index contributed by atoms with van der Waals surface area (Å²) in [5, 5.41) is 2.85. The Hall–Kier alpha value is -1.91. The number of methoxy groups -OCH3 is 2. The van der Waals surface area contributed by atoms with E-state index in [4.69, 9.17) is 14.2 Å². The number of nitrogens with one attached hydrogen (secondary N) is 1. The number of carbonyl (C=O) groups excluding carboxylic acids is 1. The lowest BCUT2D eigenvalue weighted by atomic mass is 9.80. The average Bonchev–Trinajstić information content (AvgIpc) is 2.40. The summed E-state index contributed by atoms with van der Waals surface area (Å²) >= 11 is 0. The maximum Gasteiger partial charge on any atom is 0.407 e. The third-order valence-corrected chi connectivity index (χ3v) is 3.36. The monoisotopic (exact) mass is 265 g/mol. The molecule has 104 valence electrons. The minimum atomic E-state index is -0.408. The molecule has 1 aromatic carbocycles. The van der Waals surface area contributed by atoms with Crippen LogP contribution < -0.4 is 14.8 Å². The lowest BCUT2D eigenvalue weighted by molar-refractivity contribution is 0.0380. The Labute approximate surface area is 112 Å². The van der Waals surface area contributed by atoms with Crippen molar-refractivity contribution < 1.29 is 19.0 Å². The van der Waals surface area contributed by atoms with Gasteiger partial charge in [-0.25, -0.2) is 4.79 Å². The minimum Gasteiger partial charge on any atom is -0.493 e. The van der Waals surface area contributed by atoms with Crippen LogP contribution in [0.15, 0.2) is 18.2 Å². The molecule has 1 atom stereocenters. The highest BCUT2D eigenvalue weighted by atomic mass is 16.6. The first kappa shape index (κ1) is 13.5. The first-order valence-electron chi connectivity index (χ1n) is 6.14. The average molecular weight is 265 g/mol. The van der Waals surface area contributed by atoms with Crippen LogP contribution in [0.4, 0.5) is 4.79 Å². The van der Waals surface area contributed by atoms with E-state index in [1.807, 2.05) is 32.0 Å². The fourth-order valence-electron chi connectivity index (χ4n) is 2.33. The highest BCUT2D eigenvalue weighted by Crippen LogP contribution is 2.43. The van der Waals surface area contributed by atoms with E-state index in [0.717, 1.165) is 5.56 Å². The largest absolute Gasteiger partial charge is 0.493 e. The van der Waals surface area contributed by atoms with Crippen molar-refractivity contribution in [3.8, 4) is 11.5 Å². The molecule has 1 aliphatic heterocycles. The molecule has 1 aliphatic rings. The number of rotatable bonds is 3. The normalized spacial score (nSPS) is 21.3. The van der Waals surface area contributed by atoms with Gasteiger partial charge in [-0.15, -0.1) is 0 Å². The summed E-state index contributed by atoms with van der Waals surface area (Å²) in [6, 6.07) is 5.46. The van der Waals surface area contributed by atoms with E-state index >= 15 is 0 Å². The topological polar surface area (TPSA) is 56.8 Å². The van der Waals surface area contributed by atoms with Crippen molar-refractivity contribution >= 4 is 6.09 Å². The van der Waals surface area contributed by atoms with Gasteiger partial charge >= 0.3 is 6.09 Å². The van der Waals surface area contributed by atoms with E-state index < -0.39 is 6.09 Å². The van der Waals surface area contributed by atoms with Crippen LogP contribution in [0.5, 0.6) is 11.5 Å². The van der Waals surface area contributed by atoms with Crippen molar-refractivity contribution in [3.63, 3.8) is 0 Å². The van der Waals surface area contributed by atoms with Gasteiger partial charge in [0, 0.05) is 11.0 Å². The highest BCUT2D eigenvalue weighted by molar-refractivity contribution is 5.69. The van der Waals surface area contributed by atoms with Gasteiger partial charge < -0.3 is 19.5 Å². The Balaban J connectivity index is 2.47. The number of carbonyl (C=O) groups is 1. The third-order valence-electron chi connectivity index (χ3n) is 3.36. The molecule has 5 nitrogen and oxygen atoms in total. The van der Waals surface area contributed by atoms with Gasteiger partial charge in [0.1, 0.15) is 6.61 Å². The fourth-order valence-corrected chi connectivity index (χ4v) is 2.33. The second-order valence-electron chi connectivity index (χ2n) is 5.22. The van der Waals surface area contributed by atoms with Crippen LogP contribution in [0.1, 0.15) is 25.5 Å². The van der Waals surface area contributed by atoms with Gasteiger partial charge in [0.15, 0.2) is 11.5 Å². The molecule has 1 fully saturated rings. The van der Waals surface area contributed by atoms with Gasteiger partial charge in [-0.2, -0.15) is 0 Å². The van der Waals surface area contributed by atoms with Crippen LogP contribution in [-0.4, -0.2) is 26.9 Å². The highest BCUT2D eigenvalue weighted by Gasteiger charge is 2.39. The molecule has 1 aromatic rings. The van der Waals surface area contributed by atoms with Crippen molar-refractivity contribution in [2.45, 2.75) is 19.9 Å². The maximum absolute atomic E-state index is 11.5. The lowest BCUT2D eigenvalue weighted by Crippen LogP contribution is -2.47. The van der Waals surface area contributed by atoms with Crippen LogP contribution in [0.25, 0.3) is 0 Å². The lowest BCUT2D eigenvalue weighted by Gasteiger charge is -2.39. The summed E-state index contributed by atoms with van der Waals surface area (Å²) < 4.78 is 15.8. The molecule has 0 bridgehead atoms. The molecule has 1 saturated heterocycles. The summed E-state index contributed by atoms with van der Waals surface area (Å²) in [4.78, 5) is 11.5. The summed E-state index contributed by atoms with van der Waals surface area (Å²) in [5.41, 5.74) is 0.664. The number of alkyl carbamates (subject to hydrolysis) is 1. The summed E-state index contributed by atoms with van der Waals surface area (Å²) in [6.07, 6.45) is -0.408. The standard InChI is InChI=1S/C14H19NO4/c1-14(2)8-19-13(16)15-12(14)9-6-5-7-10(17-3)11(9)18-4/h5-7,12H,8H2,1-4H3,(H,15,16)/t12-/m1/s1. The number of hydrogen-bond acceptors (Lipinski definition) is 4. The zero-order valence-electron chi connectivity index (χ0n) is 11.6. The van der Waals surface area contributed by atoms with E-state index in [2.05, 4.69) is 5.32 Å². The summed E-state index contributed by atoms with van der Waals surface area (Å²) in [5.74, 6) is 1.29. The fraction of sp³-hybridized carbons (Fsp3) is 0.500. The molecule has 0 spiro atoms. The van der Waals surface area contributed by atoms with Crippen LogP contribution in [-0.2, 0) is 4.74 Å². The van der Waals surface area contributed by atoms with E-state index in [1.165, 1.54) is 0 Å². The van der Waals surface area contributed by atoms with Gasteiger partial charge in [0.2, 0.25) is 0 Å². The van der Waals surface area contributed by atoms with Crippen LogP contribution in [0.3, 0.4) is 0 Å². The van der Waals surface area contributed by atoms with Gasteiger partial charge in [0.25, 0.3) is 0 Å². The van der Waals surface area contributed by atoms with Crippen LogP contribution in [0, 0.1) is 5.41 Å². The van der Waals surface area contributed by atoms with E-state index in [9.17, 15) is 4.79 Å². The van der Waals surface area contributed by atoms with E-state index in [1.54, 1.807) is 14.2 Å². The molecule has 5 heteroatoms. The number of hydrogen-bond donors (Lipinski definition) is 1. The number of para-hydroxylation sites is 1. The molecule has 0 radical (unpaired) electrons. The molecule has 19 heavy (non-hydrogen) atoms. The second-order valence-corrected chi connectivity index (χ2v) is 5.22. The summed E-state index contributed by atoms with van der Waals surface area (Å²) in [6.45, 7) is 4.44. The number of amides is 1. The van der Waals surface area contributed by atoms with E-state index in [0.29, 0.717) is 18.1 Å². The van der Waals surface area contributed by atoms with Crippen molar-refractivity contribution in [1.29, 1.82) is 0 Å². The SMILES string of the molecule is COc1cccc([C@H]2NC(=O)OCC2(C)C)c1OC. The number of cyclic esters (lactones) is 1. The van der Waals surface area contributed by atoms with E-state index in [-0.39, 0.29) is 11.5 Å². The Morgan fingerprint density at radius 2 is 2.05 bits per heavy atom. The smallest absolute Gasteiger partial charge is 0.407 e. The molecule has 1 heterocycles. The van der Waals surface area contributed by atoms with Crippen LogP contribution in [0.2, 0.25) is 0 Å². The Morgan fingerprint density at radius 1 is 1.32 bits per heavy atom. The maximum atomic E-state index is 11.5. The molecule has 1 N–H and O–H groups in total. The van der Waals surface area contributed by atoms with Crippen molar-refractivity contribution in [3.05, 3.63) is 23.8 Å². The van der Waals surface area contributed by atoms with Crippen molar-refractivity contribution in [2.24, 2.45) is 5.41 Å². The van der Waals surface area contributed by atoms with Crippen LogP contribution >= 0.6 is 0 Å². The number of ether oxygens (including phenoxy) is 3.